The predicted octanol–water partition coefficient (Wildman–Crippen LogP) is 6.29. The highest BCUT2D eigenvalue weighted by Gasteiger charge is 2.19. The molecule has 0 unspecified atom stereocenters. The van der Waals surface area contributed by atoms with Gasteiger partial charge in [0, 0.05) is 22.9 Å². The lowest BCUT2D eigenvalue weighted by Crippen LogP contribution is -2.23. The fourth-order valence-electron chi connectivity index (χ4n) is 2.60. The second-order valence-electron chi connectivity index (χ2n) is 5.33. The van der Waals surface area contributed by atoms with Gasteiger partial charge in [-0.1, -0.05) is 45.7 Å². The molecule has 0 amide bonds. The standard InChI is InChI=1S/C19H18BrClN2O/c1-3-23(4-2)19-18(24-14-8-6-5-7-9-14)17(21)15-12-13(20)10-11-16(15)22-19/h5-12H,3-4H2,1-2H3. The molecular weight excluding hydrogens is 388 g/mol. The van der Waals surface area contributed by atoms with Crippen LogP contribution in [0.3, 0.4) is 0 Å². The van der Waals surface area contributed by atoms with Crippen LogP contribution in [0.4, 0.5) is 5.82 Å². The Morgan fingerprint density at radius 3 is 2.46 bits per heavy atom. The number of anilines is 1. The maximum Gasteiger partial charge on any atom is 0.189 e. The van der Waals surface area contributed by atoms with Crippen molar-refractivity contribution in [1.29, 1.82) is 0 Å². The highest BCUT2D eigenvalue weighted by Crippen LogP contribution is 2.42. The van der Waals surface area contributed by atoms with Crippen LogP contribution >= 0.6 is 27.5 Å². The number of nitrogens with zero attached hydrogens (tertiary/aromatic N) is 2. The van der Waals surface area contributed by atoms with E-state index in [1.54, 1.807) is 0 Å². The molecule has 0 spiro atoms. The SMILES string of the molecule is CCN(CC)c1nc2ccc(Br)cc2c(Cl)c1Oc1ccccc1. The van der Waals surface area contributed by atoms with Gasteiger partial charge < -0.3 is 9.64 Å². The number of rotatable bonds is 5. The van der Waals surface area contributed by atoms with Crippen LogP contribution in [-0.2, 0) is 0 Å². The first kappa shape index (κ1) is 17.1. The smallest absolute Gasteiger partial charge is 0.189 e. The third-order valence-corrected chi connectivity index (χ3v) is 4.72. The average Bonchev–Trinajstić information content (AvgIpc) is 2.60. The van der Waals surface area contributed by atoms with Crippen LogP contribution in [0.15, 0.2) is 53.0 Å². The van der Waals surface area contributed by atoms with E-state index in [0.29, 0.717) is 10.8 Å². The lowest BCUT2D eigenvalue weighted by atomic mass is 10.2. The summed E-state index contributed by atoms with van der Waals surface area (Å²) in [6.07, 6.45) is 0. The molecule has 3 rings (SSSR count). The summed E-state index contributed by atoms with van der Waals surface area (Å²) in [6.45, 7) is 5.84. The van der Waals surface area contributed by atoms with E-state index in [-0.39, 0.29) is 0 Å². The minimum atomic E-state index is 0.576. The molecule has 1 aromatic heterocycles. The fourth-order valence-corrected chi connectivity index (χ4v) is 3.24. The summed E-state index contributed by atoms with van der Waals surface area (Å²) >= 11 is 10.2. The van der Waals surface area contributed by atoms with Gasteiger partial charge in [-0.15, -0.1) is 0 Å². The van der Waals surface area contributed by atoms with Gasteiger partial charge >= 0.3 is 0 Å². The lowest BCUT2D eigenvalue weighted by Gasteiger charge is -2.24. The summed E-state index contributed by atoms with van der Waals surface area (Å²) in [5.41, 5.74) is 0.852. The maximum absolute atomic E-state index is 6.71. The van der Waals surface area contributed by atoms with Crippen molar-refractivity contribution in [3.05, 3.63) is 58.0 Å². The Morgan fingerprint density at radius 1 is 1.08 bits per heavy atom. The molecule has 5 heteroatoms. The van der Waals surface area contributed by atoms with Crippen LogP contribution in [-0.4, -0.2) is 18.1 Å². The first-order valence-corrected chi connectivity index (χ1v) is 9.07. The largest absolute Gasteiger partial charge is 0.452 e. The lowest BCUT2D eigenvalue weighted by molar-refractivity contribution is 0.480. The maximum atomic E-state index is 6.71. The first-order valence-electron chi connectivity index (χ1n) is 7.90. The molecule has 0 saturated heterocycles. The van der Waals surface area contributed by atoms with Crippen LogP contribution in [0.2, 0.25) is 5.02 Å². The number of ether oxygens (including phenoxy) is 1. The van der Waals surface area contributed by atoms with Gasteiger partial charge in [0.05, 0.1) is 10.5 Å². The van der Waals surface area contributed by atoms with Crippen molar-refractivity contribution in [2.45, 2.75) is 13.8 Å². The molecule has 0 atom stereocenters. The van der Waals surface area contributed by atoms with Gasteiger partial charge in [0.25, 0.3) is 0 Å². The van der Waals surface area contributed by atoms with Crippen LogP contribution < -0.4 is 9.64 Å². The van der Waals surface area contributed by atoms with Gasteiger partial charge in [0.15, 0.2) is 11.6 Å². The number of para-hydroxylation sites is 1. The molecule has 0 N–H and O–H groups in total. The first-order chi connectivity index (χ1) is 11.6. The molecule has 3 aromatic rings. The van der Waals surface area contributed by atoms with Crippen LogP contribution in [0.5, 0.6) is 11.5 Å². The fraction of sp³-hybridized carbons (Fsp3) is 0.211. The molecule has 0 aliphatic heterocycles. The van der Waals surface area contributed by atoms with Crippen molar-refractivity contribution >= 4 is 44.3 Å². The third kappa shape index (κ3) is 3.35. The molecule has 0 saturated carbocycles. The molecular formula is C19H18BrClN2O. The number of benzene rings is 2. The molecule has 0 aliphatic rings. The summed E-state index contributed by atoms with van der Waals surface area (Å²) in [4.78, 5) is 6.96. The van der Waals surface area contributed by atoms with Gasteiger partial charge in [0.1, 0.15) is 5.75 Å². The molecule has 0 bridgehead atoms. The molecule has 124 valence electrons. The molecule has 0 radical (unpaired) electrons. The topological polar surface area (TPSA) is 25.4 Å². The van der Waals surface area contributed by atoms with E-state index in [4.69, 9.17) is 21.3 Å². The summed E-state index contributed by atoms with van der Waals surface area (Å²) in [5, 5.41) is 1.44. The van der Waals surface area contributed by atoms with E-state index >= 15 is 0 Å². The second-order valence-corrected chi connectivity index (χ2v) is 6.62. The number of hydrogen-bond donors (Lipinski definition) is 0. The number of aromatic nitrogens is 1. The number of hydrogen-bond acceptors (Lipinski definition) is 3. The molecule has 3 nitrogen and oxygen atoms in total. The van der Waals surface area contributed by atoms with E-state index in [0.717, 1.165) is 40.0 Å². The molecule has 2 aromatic carbocycles. The molecule has 0 aliphatic carbocycles. The van der Waals surface area contributed by atoms with Crippen molar-refractivity contribution in [2.75, 3.05) is 18.0 Å². The summed E-state index contributed by atoms with van der Waals surface area (Å²) in [7, 11) is 0. The Kier molecular flexibility index (Phi) is 5.27. The summed E-state index contributed by atoms with van der Waals surface area (Å²) in [5.74, 6) is 2.10. The Labute approximate surface area is 155 Å². The zero-order chi connectivity index (χ0) is 17.1. The average molecular weight is 406 g/mol. The van der Waals surface area contributed by atoms with Gasteiger partial charge in [0.2, 0.25) is 0 Å². The van der Waals surface area contributed by atoms with Crippen molar-refractivity contribution in [3.63, 3.8) is 0 Å². The quantitative estimate of drug-likeness (QED) is 0.499. The van der Waals surface area contributed by atoms with Crippen LogP contribution in [0.1, 0.15) is 13.8 Å². The Morgan fingerprint density at radius 2 is 1.79 bits per heavy atom. The second kappa shape index (κ2) is 7.41. The number of halogens is 2. The predicted molar refractivity (Wildman–Crippen MR) is 105 cm³/mol. The molecule has 24 heavy (non-hydrogen) atoms. The number of fused-ring (bicyclic) bond motifs is 1. The monoisotopic (exact) mass is 404 g/mol. The Hall–Kier alpha value is -1.78. The third-order valence-electron chi connectivity index (χ3n) is 3.85. The highest BCUT2D eigenvalue weighted by atomic mass is 79.9. The minimum absolute atomic E-state index is 0.576. The normalized spacial score (nSPS) is 10.8. The number of pyridine rings is 1. The van der Waals surface area contributed by atoms with Gasteiger partial charge in [-0.3, -0.25) is 0 Å². The van der Waals surface area contributed by atoms with Gasteiger partial charge in [-0.05, 0) is 44.2 Å². The van der Waals surface area contributed by atoms with Crippen molar-refractivity contribution < 1.29 is 4.74 Å². The summed E-state index contributed by atoms with van der Waals surface area (Å²) < 4.78 is 7.08. The van der Waals surface area contributed by atoms with E-state index in [1.807, 2.05) is 48.5 Å². The molecule has 1 heterocycles. The van der Waals surface area contributed by atoms with Gasteiger partial charge in [-0.25, -0.2) is 4.98 Å². The Bertz CT molecular complexity index is 851. The highest BCUT2D eigenvalue weighted by molar-refractivity contribution is 9.10. The zero-order valence-corrected chi connectivity index (χ0v) is 15.9. The summed E-state index contributed by atoms with van der Waals surface area (Å²) in [6, 6.07) is 15.5. The van der Waals surface area contributed by atoms with Crippen LogP contribution in [0.25, 0.3) is 10.9 Å². The van der Waals surface area contributed by atoms with Crippen molar-refractivity contribution in [3.8, 4) is 11.5 Å². The zero-order valence-electron chi connectivity index (χ0n) is 13.6. The van der Waals surface area contributed by atoms with Gasteiger partial charge in [-0.2, -0.15) is 0 Å². The minimum Gasteiger partial charge on any atom is -0.452 e. The molecule has 0 fully saturated rings. The van der Waals surface area contributed by atoms with E-state index in [2.05, 4.69) is 34.7 Å². The Balaban J connectivity index is 2.22. The van der Waals surface area contributed by atoms with E-state index in [9.17, 15) is 0 Å². The van der Waals surface area contributed by atoms with E-state index in [1.165, 1.54) is 0 Å². The van der Waals surface area contributed by atoms with Crippen molar-refractivity contribution in [2.24, 2.45) is 0 Å². The van der Waals surface area contributed by atoms with Crippen LogP contribution in [0, 0.1) is 0 Å². The van der Waals surface area contributed by atoms with Crippen molar-refractivity contribution in [1.82, 2.24) is 4.98 Å². The van der Waals surface area contributed by atoms with E-state index < -0.39 is 0 Å².